The van der Waals surface area contributed by atoms with Crippen LogP contribution in [-0.4, -0.2) is 59.5 Å². The number of aromatic nitrogens is 2. The van der Waals surface area contributed by atoms with Gasteiger partial charge in [-0.2, -0.15) is 5.10 Å². The number of carbonyl (C=O) groups excluding carboxylic acids is 1. The molecule has 172 valence electrons. The van der Waals surface area contributed by atoms with Crippen LogP contribution >= 0.6 is 35.7 Å². The van der Waals surface area contributed by atoms with Crippen LogP contribution in [0.5, 0.6) is 0 Å². The van der Waals surface area contributed by atoms with E-state index in [0.717, 1.165) is 30.8 Å². The highest BCUT2D eigenvalue weighted by molar-refractivity contribution is 14.0. The van der Waals surface area contributed by atoms with Gasteiger partial charge in [-0.25, -0.2) is 4.99 Å². The van der Waals surface area contributed by atoms with Gasteiger partial charge in [0.15, 0.2) is 5.96 Å². The fourth-order valence-electron chi connectivity index (χ4n) is 3.08. The molecule has 1 aromatic carbocycles. The molecule has 9 heteroatoms. The quantitative estimate of drug-likeness (QED) is 0.154. The first-order valence-corrected chi connectivity index (χ1v) is 11.4. The largest absolute Gasteiger partial charge is 0.356 e. The number of amides is 1. The van der Waals surface area contributed by atoms with Crippen LogP contribution in [0.3, 0.4) is 0 Å². The lowest BCUT2D eigenvalue weighted by atomic mass is 10.1. The van der Waals surface area contributed by atoms with E-state index < -0.39 is 0 Å². The molecule has 2 N–H and O–H groups in total. The van der Waals surface area contributed by atoms with Crippen molar-refractivity contribution in [1.82, 2.24) is 25.3 Å². The first-order chi connectivity index (χ1) is 14.5. The molecule has 0 fully saturated rings. The smallest absolute Gasteiger partial charge is 0.241 e. The Kier molecular flexibility index (Phi) is 12.6. The minimum absolute atomic E-state index is 0. The lowest BCUT2D eigenvalue weighted by Crippen LogP contribution is -2.43. The molecule has 1 amide bonds. The number of carbonyl (C=O) groups is 1. The van der Waals surface area contributed by atoms with Gasteiger partial charge in [-0.3, -0.25) is 9.48 Å². The van der Waals surface area contributed by atoms with Crippen molar-refractivity contribution < 1.29 is 4.79 Å². The number of thioether (sulfide) groups is 1. The predicted octanol–water partition coefficient (Wildman–Crippen LogP) is 3.08. The monoisotopic (exact) mass is 558 g/mol. The molecule has 0 unspecified atom stereocenters. The molecular formula is C22H35IN6OS. The van der Waals surface area contributed by atoms with Gasteiger partial charge in [0.2, 0.25) is 5.91 Å². The maximum Gasteiger partial charge on any atom is 0.241 e. The number of guanidine groups is 1. The molecule has 2 aromatic rings. The van der Waals surface area contributed by atoms with E-state index in [1.807, 2.05) is 29.9 Å². The minimum atomic E-state index is 0. The van der Waals surface area contributed by atoms with Crippen LogP contribution < -0.4 is 10.6 Å². The first-order valence-electron chi connectivity index (χ1n) is 10.4. The van der Waals surface area contributed by atoms with Gasteiger partial charge >= 0.3 is 0 Å². The third-order valence-corrected chi connectivity index (χ3v) is 5.75. The summed E-state index contributed by atoms with van der Waals surface area (Å²) in [4.78, 5) is 19.6. The van der Waals surface area contributed by atoms with E-state index in [1.54, 1.807) is 30.8 Å². The van der Waals surface area contributed by atoms with Gasteiger partial charge in [-0.1, -0.05) is 32.0 Å². The minimum Gasteiger partial charge on any atom is -0.356 e. The molecule has 0 aliphatic rings. The summed E-state index contributed by atoms with van der Waals surface area (Å²) in [6, 6.07) is 10.3. The Morgan fingerprint density at radius 1 is 1.16 bits per heavy atom. The number of nitrogens with zero attached hydrogens (tertiary/aromatic N) is 4. The van der Waals surface area contributed by atoms with E-state index in [-0.39, 0.29) is 36.4 Å². The second kappa shape index (κ2) is 14.3. The summed E-state index contributed by atoms with van der Waals surface area (Å²) in [5.41, 5.74) is 3.47. The molecule has 2 rings (SSSR count). The second-order valence-electron chi connectivity index (χ2n) is 7.10. The number of benzene rings is 1. The predicted molar refractivity (Wildman–Crippen MR) is 140 cm³/mol. The van der Waals surface area contributed by atoms with Crippen LogP contribution in [0.25, 0.3) is 0 Å². The Morgan fingerprint density at radius 3 is 2.48 bits per heavy atom. The number of nitrogens with one attached hydrogen (secondary N) is 2. The normalized spacial score (nSPS) is 11.1. The molecule has 0 atom stereocenters. The van der Waals surface area contributed by atoms with Crippen LogP contribution in [0.4, 0.5) is 0 Å². The Morgan fingerprint density at radius 2 is 1.87 bits per heavy atom. The molecule has 0 saturated carbocycles. The third-order valence-electron chi connectivity index (χ3n) is 4.74. The molecule has 7 nitrogen and oxygen atoms in total. The topological polar surface area (TPSA) is 74.5 Å². The van der Waals surface area contributed by atoms with Crippen molar-refractivity contribution in [2.45, 2.75) is 38.1 Å². The average Bonchev–Trinajstić information content (AvgIpc) is 3.07. The first kappa shape index (κ1) is 27.3. The van der Waals surface area contributed by atoms with Crippen LogP contribution in [0, 0.1) is 0 Å². The van der Waals surface area contributed by atoms with E-state index in [9.17, 15) is 4.79 Å². The summed E-state index contributed by atoms with van der Waals surface area (Å²) >= 11 is 1.79. The molecule has 31 heavy (non-hydrogen) atoms. The Hall–Kier alpha value is -1.75. The van der Waals surface area contributed by atoms with Crippen LogP contribution in [0.1, 0.15) is 30.8 Å². The highest BCUT2D eigenvalue weighted by Gasteiger charge is 2.13. The fourth-order valence-corrected chi connectivity index (χ4v) is 3.87. The second-order valence-corrected chi connectivity index (χ2v) is 8.27. The van der Waals surface area contributed by atoms with Gasteiger partial charge in [-0.15, -0.1) is 35.7 Å². The summed E-state index contributed by atoms with van der Waals surface area (Å²) < 4.78 is 1.95. The average molecular weight is 559 g/mol. The fraction of sp³-hybridized carbons (Fsp3) is 0.500. The summed E-state index contributed by atoms with van der Waals surface area (Å²) in [6.07, 6.45) is 1.79. The lowest BCUT2D eigenvalue weighted by molar-refractivity contribution is -0.127. The van der Waals surface area contributed by atoms with Crippen LogP contribution in [-0.2, 0) is 31.2 Å². The van der Waals surface area contributed by atoms with Crippen molar-refractivity contribution in [3.8, 4) is 0 Å². The van der Waals surface area contributed by atoms with Gasteiger partial charge in [-0.05, 0) is 25.0 Å². The van der Waals surface area contributed by atoms with Crippen LogP contribution in [0.15, 0.2) is 40.2 Å². The molecule has 0 saturated heterocycles. The zero-order chi connectivity index (χ0) is 21.9. The van der Waals surface area contributed by atoms with E-state index in [2.05, 4.69) is 41.7 Å². The molecule has 0 bridgehead atoms. The molecule has 0 aliphatic heterocycles. The van der Waals surface area contributed by atoms with Crippen molar-refractivity contribution in [3.05, 3.63) is 47.3 Å². The van der Waals surface area contributed by atoms with Crippen molar-refractivity contribution >= 4 is 47.6 Å². The summed E-state index contributed by atoms with van der Waals surface area (Å²) in [6.45, 7) is 5.74. The van der Waals surface area contributed by atoms with E-state index in [4.69, 9.17) is 4.99 Å². The van der Waals surface area contributed by atoms with Crippen molar-refractivity contribution in [1.29, 1.82) is 0 Å². The zero-order valence-corrected chi connectivity index (χ0v) is 22.3. The lowest BCUT2D eigenvalue weighted by Gasteiger charge is -2.15. The molecule has 0 aliphatic carbocycles. The van der Waals surface area contributed by atoms with E-state index in [0.29, 0.717) is 12.5 Å². The van der Waals surface area contributed by atoms with Gasteiger partial charge in [0.05, 0.1) is 18.8 Å². The number of hydrogen-bond donors (Lipinski definition) is 2. The molecule has 0 spiro atoms. The number of likely N-dealkylation sites (N-methyl/N-ethyl adjacent to an activating group) is 1. The van der Waals surface area contributed by atoms with Crippen molar-refractivity contribution in [2.24, 2.45) is 12.0 Å². The molecule has 1 aromatic heterocycles. The number of hydrogen-bond acceptors (Lipinski definition) is 4. The number of aryl methyl sites for hydroxylation is 2. The summed E-state index contributed by atoms with van der Waals surface area (Å²) in [5.74, 6) is 1.56. The molecular weight excluding hydrogens is 523 g/mol. The van der Waals surface area contributed by atoms with Gasteiger partial charge < -0.3 is 15.5 Å². The maximum atomic E-state index is 12.0. The number of halogens is 1. The summed E-state index contributed by atoms with van der Waals surface area (Å²) in [5, 5.41) is 11.1. The van der Waals surface area contributed by atoms with Gasteiger partial charge in [0.25, 0.3) is 0 Å². The highest BCUT2D eigenvalue weighted by atomic mass is 127. The van der Waals surface area contributed by atoms with Crippen molar-refractivity contribution in [3.63, 3.8) is 0 Å². The third kappa shape index (κ3) is 8.72. The number of rotatable bonds is 10. The molecule has 0 radical (unpaired) electrons. The summed E-state index contributed by atoms with van der Waals surface area (Å²) in [7, 11) is 5.49. The standard InChI is InChI=1S/C22H34N6OS.HI/c1-6-19-18(20(7-2)28(5)26-19)15-24-22(25-16-21(29)27(3)4)23-13-14-30-17-11-9-8-10-12-17;/h8-12H,6-7,13-16H2,1-5H3,(H2,23,24,25);1H. The Labute approximate surface area is 207 Å². The van der Waals surface area contributed by atoms with Crippen molar-refractivity contribution in [2.75, 3.05) is 32.9 Å². The maximum absolute atomic E-state index is 12.0. The van der Waals surface area contributed by atoms with Gasteiger partial charge in [0.1, 0.15) is 0 Å². The van der Waals surface area contributed by atoms with Crippen LogP contribution in [0.2, 0.25) is 0 Å². The molecule has 1 heterocycles. The van der Waals surface area contributed by atoms with E-state index in [1.165, 1.54) is 16.2 Å². The Balaban J connectivity index is 0.00000480. The highest BCUT2D eigenvalue weighted by Crippen LogP contribution is 2.17. The number of aliphatic imine (C=N–C) groups is 1. The Bertz CT molecular complexity index is 838. The van der Waals surface area contributed by atoms with Gasteiger partial charge in [0, 0.05) is 49.6 Å². The zero-order valence-electron chi connectivity index (χ0n) is 19.1. The van der Waals surface area contributed by atoms with E-state index >= 15 is 0 Å². The SMILES string of the molecule is CCc1nn(C)c(CC)c1CN=C(NCCSc1ccccc1)NCC(=O)N(C)C.I.